The summed E-state index contributed by atoms with van der Waals surface area (Å²) in [5, 5.41) is 3.43. The average molecular weight is 373 g/mol. The normalized spacial score (nSPS) is 15.5. The van der Waals surface area contributed by atoms with Crippen LogP contribution >= 0.6 is 0 Å². The number of piperidine rings is 1. The number of nitrogens with two attached hydrogens (primary N) is 1. The number of hydrogen-bond acceptors (Lipinski definition) is 4. The summed E-state index contributed by atoms with van der Waals surface area (Å²) in [5.74, 6) is 1.62. The largest absolute Gasteiger partial charge is 0.369 e. The van der Waals surface area contributed by atoms with E-state index in [-0.39, 0.29) is 11.8 Å². The number of allylic oxidation sites excluding steroid dienone is 1. The van der Waals surface area contributed by atoms with Crippen LogP contribution in [0.1, 0.15) is 31.2 Å². The van der Waals surface area contributed by atoms with Gasteiger partial charge in [-0.3, -0.25) is 9.79 Å². The number of pyridine rings is 1. The Bertz CT molecular complexity index is 652. The van der Waals surface area contributed by atoms with E-state index in [2.05, 4.69) is 37.7 Å². The topological polar surface area (TPSA) is 86.8 Å². The lowest BCUT2D eigenvalue weighted by molar-refractivity contribution is -0.122. The van der Waals surface area contributed by atoms with Crippen molar-refractivity contribution in [3.05, 3.63) is 36.5 Å². The Morgan fingerprint density at radius 3 is 2.89 bits per heavy atom. The number of amides is 1. The molecule has 148 valence electrons. The standard InChI is InChI=1S/C20H32N6O/c1-4-5-6-12-25(3)20(22-2)24-15-17-8-7-11-23-19(17)26-13-9-16(10-14-26)18(21)27/h4,7-8,11,16H,1,5-6,9-10,12-15H2,2-3H3,(H2,21,27)(H,22,24). The molecule has 0 atom stereocenters. The van der Waals surface area contributed by atoms with Crippen LogP contribution < -0.4 is 16.0 Å². The molecule has 1 aliphatic rings. The minimum Gasteiger partial charge on any atom is -0.369 e. The lowest BCUT2D eigenvalue weighted by atomic mass is 9.96. The SMILES string of the molecule is C=CCCCN(C)C(=NC)NCc1cccnc1N1CCC(C(N)=O)CC1. The third kappa shape index (κ3) is 5.98. The Hall–Kier alpha value is -2.57. The molecular formula is C20H32N6O. The van der Waals surface area contributed by atoms with E-state index in [4.69, 9.17) is 5.73 Å². The first-order chi connectivity index (χ1) is 13.1. The summed E-state index contributed by atoms with van der Waals surface area (Å²) in [4.78, 5) is 24.7. The van der Waals surface area contributed by atoms with Gasteiger partial charge in [0.2, 0.25) is 5.91 Å². The van der Waals surface area contributed by atoms with Crippen molar-refractivity contribution in [2.45, 2.75) is 32.2 Å². The second kappa shape index (κ2) is 10.5. The molecule has 27 heavy (non-hydrogen) atoms. The first-order valence-corrected chi connectivity index (χ1v) is 9.57. The fraction of sp³-hybridized carbons (Fsp3) is 0.550. The molecule has 1 aromatic rings. The highest BCUT2D eigenvalue weighted by molar-refractivity contribution is 5.79. The predicted octanol–water partition coefficient (Wildman–Crippen LogP) is 1.76. The number of nitrogens with zero attached hydrogens (tertiary/aromatic N) is 4. The molecule has 0 aromatic carbocycles. The second-order valence-electron chi connectivity index (χ2n) is 6.90. The van der Waals surface area contributed by atoms with Crippen molar-refractivity contribution < 1.29 is 4.79 Å². The average Bonchev–Trinajstić information content (AvgIpc) is 2.69. The van der Waals surface area contributed by atoms with Gasteiger partial charge in [-0.25, -0.2) is 4.98 Å². The Morgan fingerprint density at radius 1 is 1.52 bits per heavy atom. The number of aliphatic imine (C=N–C) groups is 1. The number of anilines is 1. The smallest absolute Gasteiger partial charge is 0.220 e. The van der Waals surface area contributed by atoms with Gasteiger partial charge >= 0.3 is 0 Å². The van der Waals surface area contributed by atoms with Crippen molar-refractivity contribution in [1.29, 1.82) is 0 Å². The van der Waals surface area contributed by atoms with Gasteiger partial charge in [0.25, 0.3) is 0 Å². The van der Waals surface area contributed by atoms with Crippen LogP contribution in [0.5, 0.6) is 0 Å². The van der Waals surface area contributed by atoms with Crippen LogP contribution in [0.2, 0.25) is 0 Å². The monoisotopic (exact) mass is 372 g/mol. The van der Waals surface area contributed by atoms with Gasteiger partial charge in [-0.2, -0.15) is 0 Å². The Kier molecular flexibility index (Phi) is 8.10. The lowest BCUT2D eigenvalue weighted by Gasteiger charge is -2.32. The van der Waals surface area contributed by atoms with Crippen LogP contribution in [0.4, 0.5) is 5.82 Å². The molecule has 0 spiro atoms. The molecule has 2 rings (SSSR count). The predicted molar refractivity (Wildman–Crippen MR) is 111 cm³/mol. The summed E-state index contributed by atoms with van der Waals surface area (Å²) in [5.41, 5.74) is 6.56. The van der Waals surface area contributed by atoms with Crippen molar-refractivity contribution in [3.8, 4) is 0 Å². The van der Waals surface area contributed by atoms with Gasteiger partial charge in [-0.1, -0.05) is 12.1 Å². The van der Waals surface area contributed by atoms with Gasteiger partial charge in [0, 0.05) is 58.0 Å². The van der Waals surface area contributed by atoms with Crippen LogP contribution in [0, 0.1) is 5.92 Å². The summed E-state index contributed by atoms with van der Waals surface area (Å²) < 4.78 is 0. The van der Waals surface area contributed by atoms with E-state index in [0.717, 1.165) is 62.7 Å². The van der Waals surface area contributed by atoms with Crippen LogP contribution in [0.25, 0.3) is 0 Å². The summed E-state index contributed by atoms with van der Waals surface area (Å²) >= 11 is 0. The lowest BCUT2D eigenvalue weighted by Crippen LogP contribution is -2.41. The molecule has 0 saturated carbocycles. The number of primary amides is 1. The van der Waals surface area contributed by atoms with Crippen molar-refractivity contribution >= 4 is 17.7 Å². The zero-order valence-electron chi connectivity index (χ0n) is 16.5. The number of carbonyl (C=O) groups is 1. The number of carbonyl (C=O) groups excluding carboxylic acids is 1. The van der Waals surface area contributed by atoms with Gasteiger partial charge in [0.15, 0.2) is 5.96 Å². The summed E-state index contributed by atoms with van der Waals surface area (Å²) in [6.45, 7) is 6.94. The van der Waals surface area contributed by atoms with Gasteiger partial charge in [-0.05, 0) is 31.7 Å². The molecule has 1 saturated heterocycles. The zero-order chi connectivity index (χ0) is 19.6. The van der Waals surface area contributed by atoms with Gasteiger partial charge in [0.05, 0.1) is 0 Å². The van der Waals surface area contributed by atoms with Crippen LogP contribution in [-0.4, -0.2) is 55.5 Å². The first-order valence-electron chi connectivity index (χ1n) is 9.57. The minimum atomic E-state index is -0.194. The molecule has 0 radical (unpaired) electrons. The van der Waals surface area contributed by atoms with E-state index < -0.39 is 0 Å². The van der Waals surface area contributed by atoms with Gasteiger partial charge < -0.3 is 20.9 Å². The highest BCUT2D eigenvalue weighted by Gasteiger charge is 2.25. The zero-order valence-corrected chi connectivity index (χ0v) is 16.5. The van der Waals surface area contributed by atoms with E-state index in [1.54, 1.807) is 7.05 Å². The van der Waals surface area contributed by atoms with Gasteiger partial charge in [0.1, 0.15) is 5.82 Å². The maximum Gasteiger partial charge on any atom is 0.220 e. The van der Waals surface area contributed by atoms with Gasteiger partial charge in [-0.15, -0.1) is 6.58 Å². The summed E-state index contributed by atoms with van der Waals surface area (Å²) in [6.07, 6.45) is 7.37. The molecule has 1 amide bonds. The number of guanidine groups is 1. The minimum absolute atomic E-state index is 0.0189. The maximum absolute atomic E-state index is 11.4. The molecule has 0 bridgehead atoms. The van der Waals surface area contributed by atoms with E-state index in [1.165, 1.54) is 0 Å². The number of rotatable bonds is 8. The quantitative estimate of drug-likeness (QED) is 0.314. The van der Waals surface area contributed by atoms with Crippen molar-refractivity contribution in [2.75, 3.05) is 38.6 Å². The van der Waals surface area contributed by atoms with Crippen molar-refractivity contribution in [3.63, 3.8) is 0 Å². The second-order valence-corrected chi connectivity index (χ2v) is 6.90. The van der Waals surface area contributed by atoms with E-state index >= 15 is 0 Å². The van der Waals surface area contributed by atoms with E-state index in [0.29, 0.717) is 6.54 Å². The molecule has 1 fully saturated rings. The fourth-order valence-corrected chi connectivity index (χ4v) is 3.37. The third-order valence-electron chi connectivity index (χ3n) is 4.98. The Balaban J connectivity index is 1.97. The fourth-order valence-electron chi connectivity index (χ4n) is 3.37. The summed E-state index contributed by atoms with van der Waals surface area (Å²) in [7, 11) is 3.84. The van der Waals surface area contributed by atoms with Crippen molar-refractivity contribution in [2.24, 2.45) is 16.6 Å². The highest BCUT2D eigenvalue weighted by Crippen LogP contribution is 2.24. The molecule has 3 N–H and O–H groups in total. The molecule has 0 aliphatic carbocycles. The van der Waals surface area contributed by atoms with E-state index in [9.17, 15) is 4.79 Å². The molecule has 2 heterocycles. The first kappa shape index (κ1) is 20.7. The number of nitrogens with one attached hydrogen (secondary N) is 1. The highest BCUT2D eigenvalue weighted by atomic mass is 16.1. The van der Waals surface area contributed by atoms with Crippen LogP contribution in [-0.2, 0) is 11.3 Å². The molecule has 1 aliphatic heterocycles. The third-order valence-corrected chi connectivity index (χ3v) is 4.98. The molecule has 7 heteroatoms. The van der Waals surface area contributed by atoms with Crippen molar-refractivity contribution in [1.82, 2.24) is 15.2 Å². The molecule has 0 unspecified atom stereocenters. The van der Waals surface area contributed by atoms with Crippen LogP contribution in [0.3, 0.4) is 0 Å². The Labute approximate surface area is 162 Å². The Morgan fingerprint density at radius 2 is 2.26 bits per heavy atom. The number of unbranched alkanes of at least 4 members (excludes halogenated alkanes) is 1. The summed E-state index contributed by atoms with van der Waals surface area (Å²) in [6, 6.07) is 4.04. The maximum atomic E-state index is 11.4. The molecule has 7 nitrogen and oxygen atoms in total. The van der Waals surface area contributed by atoms with E-state index in [1.807, 2.05) is 25.4 Å². The molecule has 1 aromatic heterocycles. The van der Waals surface area contributed by atoms with Crippen LogP contribution in [0.15, 0.2) is 36.0 Å². The molecular weight excluding hydrogens is 340 g/mol. The number of aromatic nitrogens is 1. The number of hydrogen-bond donors (Lipinski definition) is 2.